The second kappa shape index (κ2) is 8.13. The third-order valence-electron chi connectivity index (χ3n) is 6.60. The van der Waals surface area contributed by atoms with Crippen LogP contribution in [0.1, 0.15) is 67.1 Å². The van der Waals surface area contributed by atoms with Gasteiger partial charge >= 0.3 is 5.69 Å². The fourth-order valence-electron chi connectivity index (χ4n) is 4.52. The first-order valence-corrected chi connectivity index (χ1v) is 12.5. The molecule has 6 rings (SSSR count). The van der Waals surface area contributed by atoms with E-state index in [1.165, 1.54) is 11.8 Å². The number of nitrogens with zero attached hydrogens (tertiary/aromatic N) is 4. The summed E-state index contributed by atoms with van der Waals surface area (Å²) in [6, 6.07) is 9.72. The molecule has 1 saturated heterocycles. The highest BCUT2D eigenvalue weighted by atomic mass is 32.2. The number of hydrogen-bond acceptors (Lipinski definition) is 6. The van der Waals surface area contributed by atoms with Gasteiger partial charge < -0.3 is 4.90 Å². The maximum Gasteiger partial charge on any atom is 0.330 e. The first kappa shape index (κ1) is 20.7. The molecule has 2 aromatic heterocycles. The minimum atomic E-state index is -0.518. The summed E-state index contributed by atoms with van der Waals surface area (Å²) in [6.45, 7) is 1.50. The van der Waals surface area contributed by atoms with Crippen LogP contribution in [-0.2, 0) is 4.79 Å². The van der Waals surface area contributed by atoms with Gasteiger partial charge in [0.2, 0.25) is 5.91 Å². The fourth-order valence-corrected chi connectivity index (χ4v) is 5.73. The van der Waals surface area contributed by atoms with Crippen molar-refractivity contribution in [2.75, 3.05) is 13.1 Å². The smallest absolute Gasteiger partial charge is 0.330 e. The van der Waals surface area contributed by atoms with E-state index in [-0.39, 0.29) is 17.9 Å². The van der Waals surface area contributed by atoms with E-state index in [1.807, 2.05) is 35.2 Å². The second-order valence-electron chi connectivity index (χ2n) is 9.16. The summed E-state index contributed by atoms with van der Waals surface area (Å²) in [5.74, 6) is 0.959. The van der Waals surface area contributed by atoms with Gasteiger partial charge in [0.25, 0.3) is 5.56 Å². The summed E-state index contributed by atoms with van der Waals surface area (Å²) in [6.07, 6.45) is 5.81. The summed E-state index contributed by atoms with van der Waals surface area (Å²) in [7, 11) is 0. The molecule has 1 atom stereocenters. The second-order valence-corrected chi connectivity index (χ2v) is 10.3. The van der Waals surface area contributed by atoms with Gasteiger partial charge in [-0.1, -0.05) is 42.1 Å². The molecule has 0 unspecified atom stereocenters. The van der Waals surface area contributed by atoms with Crippen molar-refractivity contribution in [1.82, 2.24) is 24.4 Å². The van der Waals surface area contributed by atoms with Gasteiger partial charge in [-0.25, -0.2) is 14.8 Å². The molecule has 1 amide bonds. The third-order valence-corrected chi connectivity index (χ3v) is 7.83. The number of H-pyrrole nitrogens is 1. The van der Waals surface area contributed by atoms with Gasteiger partial charge in [0.05, 0.1) is 0 Å². The van der Waals surface area contributed by atoms with Gasteiger partial charge in [0.1, 0.15) is 21.5 Å². The highest BCUT2D eigenvalue weighted by molar-refractivity contribution is 8.00. The number of aromatic nitrogens is 4. The molecule has 2 saturated carbocycles. The van der Waals surface area contributed by atoms with E-state index in [0.29, 0.717) is 21.9 Å². The number of rotatable bonds is 6. The average Bonchev–Trinajstić information content (AvgIpc) is 3.76. The lowest BCUT2D eigenvalue weighted by molar-refractivity contribution is -0.129. The van der Waals surface area contributed by atoms with E-state index in [0.717, 1.165) is 57.2 Å². The lowest BCUT2D eigenvalue weighted by Gasteiger charge is -2.23. The number of carbonyl (C=O) groups excluding carboxylic acids is 1. The number of likely N-dealkylation sites (tertiary alicyclic amines) is 1. The van der Waals surface area contributed by atoms with Crippen molar-refractivity contribution in [1.29, 1.82) is 0 Å². The number of carbonyl (C=O) groups is 1. The van der Waals surface area contributed by atoms with E-state index in [1.54, 1.807) is 4.57 Å². The molecule has 3 fully saturated rings. The standard InChI is InChI=1S/C24H25N5O3S/c30-21-17-20(29(16-10-11-16)24(32)27-21)25-19(15-8-9-15)26-22(17)33-18(14-6-2-1-3-7-14)23(31)28-12-4-5-13-28/h1-3,6-7,15-16,18H,4-5,8-13H2,(H,27,30,32)/t18-/m1/s1. The van der Waals surface area contributed by atoms with Gasteiger partial charge in [0, 0.05) is 25.0 Å². The fraction of sp³-hybridized carbons (Fsp3) is 0.458. The summed E-state index contributed by atoms with van der Waals surface area (Å²) in [5.41, 5.74) is 0.383. The average molecular weight is 464 g/mol. The van der Waals surface area contributed by atoms with Crippen molar-refractivity contribution in [3.8, 4) is 0 Å². The lowest BCUT2D eigenvalue weighted by Crippen LogP contribution is -2.32. The van der Waals surface area contributed by atoms with Gasteiger partial charge in [0.15, 0.2) is 5.65 Å². The SMILES string of the molecule is O=C([C@H](Sc1nc(C2CC2)nc2c1c(=O)[nH]c(=O)n2C1CC1)c1ccccc1)N1CCCC1. The summed E-state index contributed by atoms with van der Waals surface area (Å²) in [4.78, 5) is 53.1. The van der Waals surface area contributed by atoms with Crippen molar-refractivity contribution < 1.29 is 4.79 Å². The molecule has 1 N–H and O–H groups in total. The Morgan fingerprint density at radius 1 is 1.03 bits per heavy atom. The highest BCUT2D eigenvalue weighted by Gasteiger charge is 2.35. The van der Waals surface area contributed by atoms with Crippen LogP contribution in [0.3, 0.4) is 0 Å². The van der Waals surface area contributed by atoms with Crippen molar-refractivity contribution >= 4 is 28.7 Å². The Morgan fingerprint density at radius 2 is 1.76 bits per heavy atom. The first-order valence-electron chi connectivity index (χ1n) is 11.7. The van der Waals surface area contributed by atoms with Crippen LogP contribution in [0.2, 0.25) is 0 Å². The molecule has 9 heteroatoms. The predicted molar refractivity (Wildman–Crippen MR) is 126 cm³/mol. The van der Waals surface area contributed by atoms with E-state index in [9.17, 15) is 14.4 Å². The predicted octanol–water partition coefficient (Wildman–Crippen LogP) is 3.15. The van der Waals surface area contributed by atoms with Crippen LogP contribution in [0.25, 0.3) is 11.0 Å². The normalized spacial score (nSPS) is 19.2. The van der Waals surface area contributed by atoms with Crippen LogP contribution in [0, 0.1) is 0 Å². The number of benzene rings is 1. The molecule has 3 aliphatic rings. The zero-order valence-corrected chi connectivity index (χ0v) is 19.0. The highest BCUT2D eigenvalue weighted by Crippen LogP contribution is 2.43. The van der Waals surface area contributed by atoms with Gasteiger partial charge in [-0.15, -0.1) is 0 Å². The molecule has 8 nitrogen and oxygen atoms in total. The minimum Gasteiger partial charge on any atom is -0.341 e. The molecule has 170 valence electrons. The maximum absolute atomic E-state index is 13.6. The van der Waals surface area contributed by atoms with Crippen LogP contribution in [0.15, 0.2) is 44.9 Å². The number of hydrogen-bond donors (Lipinski definition) is 1. The molecule has 33 heavy (non-hydrogen) atoms. The van der Waals surface area contributed by atoms with Crippen LogP contribution in [0.4, 0.5) is 0 Å². The Bertz CT molecular complexity index is 1340. The van der Waals surface area contributed by atoms with Gasteiger partial charge in [-0.3, -0.25) is 19.1 Å². The number of fused-ring (bicyclic) bond motifs is 1. The zero-order chi connectivity index (χ0) is 22.5. The molecule has 0 spiro atoms. The van der Waals surface area contributed by atoms with Crippen molar-refractivity contribution in [2.24, 2.45) is 0 Å². The number of aromatic amines is 1. The Balaban J connectivity index is 1.51. The zero-order valence-electron chi connectivity index (χ0n) is 18.2. The minimum absolute atomic E-state index is 0.0374. The van der Waals surface area contributed by atoms with E-state index < -0.39 is 16.5 Å². The topological polar surface area (TPSA) is 101 Å². The Kier molecular flexibility index (Phi) is 5.09. The van der Waals surface area contributed by atoms with Crippen LogP contribution in [0.5, 0.6) is 0 Å². The van der Waals surface area contributed by atoms with Gasteiger partial charge in [-0.2, -0.15) is 0 Å². The quantitative estimate of drug-likeness (QED) is 0.445. The number of thioether (sulfide) groups is 1. The van der Waals surface area contributed by atoms with Crippen LogP contribution in [-0.4, -0.2) is 43.4 Å². The maximum atomic E-state index is 13.6. The summed E-state index contributed by atoms with van der Waals surface area (Å²) in [5, 5.41) is 0.278. The number of amides is 1. The summed E-state index contributed by atoms with van der Waals surface area (Å²) < 4.78 is 1.62. The van der Waals surface area contributed by atoms with Gasteiger partial charge in [-0.05, 0) is 44.1 Å². The monoisotopic (exact) mass is 463 g/mol. The Morgan fingerprint density at radius 3 is 2.42 bits per heavy atom. The largest absolute Gasteiger partial charge is 0.341 e. The van der Waals surface area contributed by atoms with Crippen LogP contribution >= 0.6 is 11.8 Å². The molecule has 1 aromatic carbocycles. The Labute approximate surface area is 194 Å². The van der Waals surface area contributed by atoms with Crippen LogP contribution < -0.4 is 11.2 Å². The van der Waals surface area contributed by atoms with E-state index in [2.05, 4.69) is 4.98 Å². The first-order chi connectivity index (χ1) is 16.1. The lowest BCUT2D eigenvalue weighted by atomic mass is 10.1. The molecule has 0 radical (unpaired) electrons. The third kappa shape index (κ3) is 3.88. The molecule has 3 heterocycles. The van der Waals surface area contributed by atoms with Crippen molar-refractivity contribution in [3.63, 3.8) is 0 Å². The molecule has 1 aliphatic heterocycles. The van der Waals surface area contributed by atoms with Crippen molar-refractivity contribution in [3.05, 3.63) is 62.6 Å². The number of nitrogens with one attached hydrogen (secondary N) is 1. The van der Waals surface area contributed by atoms with Crippen molar-refractivity contribution in [2.45, 2.75) is 60.8 Å². The Hall–Kier alpha value is -2.94. The molecular formula is C24H25N5O3S. The van der Waals surface area contributed by atoms with E-state index in [4.69, 9.17) is 9.97 Å². The summed E-state index contributed by atoms with van der Waals surface area (Å²) >= 11 is 1.31. The molecular weight excluding hydrogens is 438 g/mol. The molecule has 2 aliphatic carbocycles. The molecule has 0 bridgehead atoms. The molecule has 3 aromatic rings. The van der Waals surface area contributed by atoms with E-state index >= 15 is 0 Å².